The van der Waals surface area contributed by atoms with Crippen molar-refractivity contribution in [3.8, 4) is 5.88 Å². The van der Waals surface area contributed by atoms with E-state index in [4.69, 9.17) is 10.5 Å². The van der Waals surface area contributed by atoms with Crippen LogP contribution in [0.4, 0.5) is 11.5 Å². The van der Waals surface area contributed by atoms with Crippen LogP contribution in [0.5, 0.6) is 5.88 Å². The van der Waals surface area contributed by atoms with E-state index in [1.54, 1.807) is 0 Å². The molecule has 1 aromatic rings. The lowest BCUT2D eigenvalue weighted by molar-refractivity contribution is 0.296. The van der Waals surface area contributed by atoms with Crippen molar-refractivity contribution in [2.75, 3.05) is 17.7 Å². The molecule has 124 valence electrons. The van der Waals surface area contributed by atoms with E-state index in [2.05, 4.69) is 43.0 Å². The molecule has 3 N–H and O–H groups in total. The van der Waals surface area contributed by atoms with Gasteiger partial charge >= 0.3 is 0 Å². The second kappa shape index (κ2) is 7.16. The summed E-state index contributed by atoms with van der Waals surface area (Å²) in [7, 11) is 0. The lowest BCUT2D eigenvalue weighted by atomic mass is 9.95. The molecule has 0 atom stereocenters. The average molecular weight is 306 g/mol. The minimum absolute atomic E-state index is 0.136. The van der Waals surface area contributed by atoms with Crippen LogP contribution in [0.15, 0.2) is 0 Å². The number of anilines is 2. The SMILES string of the molecule is CCCCOc1nc(C(C)(C)C)nc(NC2CCCC2)c1N. The van der Waals surface area contributed by atoms with Crippen LogP contribution in [0.1, 0.15) is 72.0 Å². The van der Waals surface area contributed by atoms with Crippen LogP contribution in [-0.4, -0.2) is 22.6 Å². The Labute approximate surface area is 134 Å². The quantitative estimate of drug-likeness (QED) is 0.780. The maximum absolute atomic E-state index is 6.24. The molecule has 1 fully saturated rings. The molecule has 1 aliphatic rings. The van der Waals surface area contributed by atoms with Gasteiger partial charge < -0.3 is 15.8 Å². The highest BCUT2D eigenvalue weighted by molar-refractivity contribution is 5.67. The standard InChI is InChI=1S/C17H30N4O/c1-5-6-11-22-15-13(18)14(19-12-9-7-8-10-12)20-16(21-15)17(2,3)4/h12H,5-11,18H2,1-4H3,(H,19,20,21). The smallest absolute Gasteiger partial charge is 0.242 e. The van der Waals surface area contributed by atoms with Gasteiger partial charge in [-0.15, -0.1) is 0 Å². The summed E-state index contributed by atoms with van der Waals surface area (Å²) in [6, 6.07) is 0.466. The zero-order valence-electron chi connectivity index (χ0n) is 14.4. The fraction of sp³-hybridized carbons (Fsp3) is 0.765. The fourth-order valence-corrected chi connectivity index (χ4v) is 2.58. The van der Waals surface area contributed by atoms with Crippen LogP contribution in [0.25, 0.3) is 0 Å². The van der Waals surface area contributed by atoms with E-state index in [0.717, 1.165) is 24.5 Å². The highest BCUT2D eigenvalue weighted by Crippen LogP contribution is 2.32. The monoisotopic (exact) mass is 306 g/mol. The first kappa shape index (κ1) is 16.8. The van der Waals surface area contributed by atoms with E-state index in [1.807, 2.05) is 0 Å². The largest absolute Gasteiger partial charge is 0.476 e. The van der Waals surface area contributed by atoms with E-state index in [1.165, 1.54) is 25.7 Å². The van der Waals surface area contributed by atoms with Crippen molar-refractivity contribution in [1.82, 2.24) is 9.97 Å². The zero-order valence-corrected chi connectivity index (χ0v) is 14.4. The number of nitrogens with zero attached hydrogens (tertiary/aromatic N) is 2. The first-order valence-electron chi connectivity index (χ1n) is 8.49. The van der Waals surface area contributed by atoms with Gasteiger partial charge in [0.25, 0.3) is 0 Å². The minimum Gasteiger partial charge on any atom is -0.476 e. The lowest BCUT2D eigenvalue weighted by Gasteiger charge is -2.22. The summed E-state index contributed by atoms with van der Waals surface area (Å²) in [6.07, 6.45) is 6.99. The molecule has 0 saturated heterocycles. The summed E-state index contributed by atoms with van der Waals surface area (Å²) in [5, 5.41) is 3.50. The summed E-state index contributed by atoms with van der Waals surface area (Å²) in [6.45, 7) is 9.10. The van der Waals surface area contributed by atoms with E-state index < -0.39 is 0 Å². The molecule has 0 amide bonds. The summed E-state index contributed by atoms with van der Waals surface area (Å²) in [5.41, 5.74) is 6.65. The Morgan fingerprint density at radius 2 is 1.91 bits per heavy atom. The third kappa shape index (κ3) is 4.24. The van der Waals surface area contributed by atoms with Crippen molar-refractivity contribution in [3.63, 3.8) is 0 Å². The number of hydrogen-bond acceptors (Lipinski definition) is 5. The predicted octanol–water partition coefficient (Wildman–Crippen LogP) is 3.89. The molecule has 22 heavy (non-hydrogen) atoms. The van der Waals surface area contributed by atoms with Crippen molar-refractivity contribution in [2.45, 2.75) is 77.7 Å². The third-order valence-electron chi connectivity index (χ3n) is 4.01. The van der Waals surface area contributed by atoms with Crippen LogP contribution in [0.3, 0.4) is 0 Å². The van der Waals surface area contributed by atoms with Gasteiger partial charge in [0.1, 0.15) is 11.5 Å². The minimum atomic E-state index is -0.136. The first-order chi connectivity index (χ1) is 10.4. The Kier molecular flexibility index (Phi) is 5.48. The fourth-order valence-electron chi connectivity index (χ4n) is 2.58. The second-order valence-corrected chi connectivity index (χ2v) is 7.19. The van der Waals surface area contributed by atoms with Crippen LogP contribution in [-0.2, 0) is 5.41 Å². The zero-order chi connectivity index (χ0) is 16.2. The molecule has 0 aliphatic heterocycles. The van der Waals surface area contributed by atoms with E-state index in [9.17, 15) is 0 Å². The van der Waals surface area contributed by atoms with Crippen LogP contribution < -0.4 is 15.8 Å². The van der Waals surface area contributed by atoms with Crippen LogP contribution in [0.2, 0.25) is 0 Å². The summed E-state index contributed by atoms with van der Waals surface area (Å²) in [4.78, 5) is 9.22. The Morgan fingerprint density at radius 1 is 1.23 bits per heavy atom. The molecular formula is C17H30N4O. The highest BCUT2D eigenvalue weighted by Gasteiger charge is 2.24. The van der Waals surface area contributed by atoms with Gasteiger partial charge in [-0.2, -0.15) is 4.98 Å². The lowest BCUT2D eigenvalue weighted by Crippen LogP contribution is -2.22. The summed E-state index contributed by atoms with van der Waals surface area (Å²) < 4.78 is 5.80. The Bertz CT molecular complexity index is 490. The normalized spacial score (nSPS) is 16.0. The molecular weight excluding hydrogens is 276 g/mol. The summed E-state index contributed by atoms with van der Waals surface area (Å²) >= 11 is 0. The van der Waals surface area contributed by atoms with Gasteiger partial charge in [0.05, 0.1) is 6.61 Å². The van der Waals surface area contributed by atoms with Crippen molar-refractivity contribution < 1.29 is 4.74 Å². The molecule has 1 aliphatic carbocycles. The summed E-state index contributed by atoms with van der Waals surface area (Å²) in [5.74, 6) is 2.03. The number of rotatable bonds is 6. The van der Waals surface area contributed by atoms with Crippen molar-refractivity contribution in [3.05, 3.63) is 5.82 Å². The molecule has 5 heteroatoms. The van der Waals surface area contributed by atoms with Crippen LogP contribution in [0, 0.1) is 0 Å². The van der Waals surface area contributed by atoms with E-state index >= 15 is 0 Å². The van der Waals surface area contributed by atoms with Gasteiger partial charge in [0.2, 0.25) is 5.88 Å². The number of ether oxygens (including phenoxy) is 1. The number of aromatic nitrogens is 2. The number of unbranched alkanes of at least 4 members (excludes halogenated alkanes) is 1. The molecule has 0 radical (unpaired) electrons. The van der Waals surface area contributed by atoms with Crippen molar-refractivity contribution >= 4 is 11.5 Å². The topological polar surface area (TPSA) is 73.1 Å². The van der Waals surface area contributed by atoms with Gasteiger partial charge in [-0.1, -0.05) is 47.0 Å². The molecule has 1 saturated carbocycles. The number of hydrogen-bond donors (Lipinski definition) is 2. The molecule has 1 heterocycles. The molecule has 0 spiro atoms. The number of nitrogens with one attached hydrogen (secondary N) is 1. The van der Waals surface area contributed by atoms with Gasteiger partial charge in [-0.25, -0.2) is 4.98 Å². The molecule has 5 nitrogen and oxygen atoms in total. The molecule has 0 unspecified atom stereocenters. The number of nitrogens with two attached hydrogens (primary N) is 1. The Balaban J connectivity index is 2.26. The van der Waals surface area contributed by atoms with Crippen molar-refractivity contribution in [2.24, 2.45) is 0 Å². The Hall–Kier alpha value is -1.52. The molecule has 2 rings (SSSR count). The highest BCUT2D eigenvalue weighted by atomic mass is 16.5. The van der Waals surface area contributed by atoms with Gasteiger partial charge in [-0.3, -0.25) is 0 Å². The molecule has 0 aromatic carbocycles. The maximum Gasteiger partial charge on any atom is 0.242 e. The first-order valence-corrected chi connectivity index (χ1v) is 8.49. The maximum atomic E-state index is 6.24. The van der Waals surface area contributed by atoms with Crippen molar-refractivity contribution in [1.29, 1.82) is 0 Å². The molecule has 1 aromatic heterocycles. The average Bonchev–Trinajstić information content (AvgIpc) is 2.94. The predicted molar refractivity (Wildman–Crippen MR) is 91.4 cm³/mol. The van der Waals surface area contributed by atoms with Gasteiger partial charge in [-0.05, 0) is 19.3 Å². The van der Waals surface area contributed by atoms with E-state index in [-0.39, 0.29) is 5.41 Å². The molecule has 0 bridgehead atoms. The number of nitrogen functional groups attached to an aromatic ring is 1. The second-order valence-electron chi connectivity index (χ2n) is 7.19. The van der Waals surface area contributed by atoms with Crippen LogP contribution >= 0.6 is 0 Å². The van der Waals surface area contributed by atoms with Gasteiger partial charge in [0, 0.05) is 11.5 Å². The van der Waals surface area contributed by atoms with E-state index in [0.29, 0.717) is 24.2 Å². The Morgan fingerprint density at radius 3 is 2.50 bits per heavy atom. The third-order valence-corrected chi connectivity index (χ3v) is 4.01. The van der Waals surface area contributed by atoms with Gasteiger partial charge in [0.15, 0.2) is 5.82 Å².